The molecule has 0 aliphatic carbocycles. The molecule has 1 aromatic rings. The highest BCUT2D eigenvalue weighted by molar-refractivity contribution is 7.98. The molecule has 0 spiro atoms. The van der Waals surface area contributed by atoms with Crippen molar-refractivity contribution in [2.75, 3.05) is 23.9 Å². The van der Waals surface area contributed by atoms with Crippen molar-refractivity contribution in [3.8, 4) is 0 Å². The predicted molar refractivity (Wildman–Crippen MR) is 106 cm³/mol. The molecule has 0 fully saturated rings. The number of allylic oxidation sites excluding steroid dienone is 2. The smallest absolute Gasteiger partial charge is 0.336 e. The quantitative estimate of drug-likeness (QED) is 0.683. The molecule has 2 heterocycles. The third-order valence-electron chi connectivity index (χ3n) is 4.74. The van der Waals surface area contributed by atoms with E-state index in [0.717, 1.165) is 6.07 Å². The van der Waals surface area contributed by atoms with Gasteiger partial charge in [0, 0.05) is 22.0 Å². The Morgan fingerprint density at radius 2 is 1.97 bits per heavy atom. The minimum absolute atomic E-state index is 0.0143. The van der Waals surface area contributed by atoms with Crippen LogP contribution in [0.25, 0.3) is 0 Å². The second-order valence-corrected chi connectivity index (χ2v) is 11.4. The number of benzene rings is 1. The lowest BCUT2D eigenvalue weighted by atomic mass is 9.86. The number of carbonyl (C=O) groups is 1. The van der Waals surface area contributed by atoms with Crippen molar-refractivity contribution in [3.63, 3.8) is 0 Å². The molecule has 0 bridgehead atoms. The summed E-state index contributed by atoms with van der Waals surface area (Å²) in [6.45, 7) is 3.07. The minimum Gasteiger partial charge on any atom is -0.463 e. The van der Waals surface area contributed by atoms with Gasteiger partial charge >= 0.3 is 5.97 Å². The third kappa shape index (κ3) is 4.06. The number of nitrogens with one attached hydrogen (secondary N) is 1. The van der Waals surface area contributed by atoms with Gasteiger partial charge < -0.3 is 10.1 Å². The van der Waals surface area contributed by atoms with Crippen molar-refractivity contribution in [2.24, 2.45) is 0 Å². The van der Waals surface area contributed by atoms with E-state index in [1.807, 2.05) is 0 Å². The number of hydrogen-bond donors (Lipinski definition) is 1. The fourth-order valence-corrected chi connectivity index (χ4v) is 7.91. The molecule has 2 aliphatic heterocycles. The fourth-order valence-electron chi connectivity index (χ4n) is 3.53. The number of dihydropyridines is 1. The molecule has 2 aliphatic rings. The standard InChI is InChI=1S/C18H19ClFNO6S2/c1-3-27-18(22)14-10(2)21-13-9-28(23,24)7-8-29(25,26)17(13)16(14)15-11(19)5-4-6-12(15)20/h4-6,16,21H,3,7-9H2,1-2H3. The highest BCUT2D eigenvalue weighted by Crippen LogP contribution is 2.45. The molecular formula is C18H19ClFNO6S2. The van der Waals surface area contributed by atoms with Crippen molar-refractivity contribution in [1.82, 2.24) is 5.32 Å². The zero-order valence-electron chi connectivity index (χ0n) is 15.7. The molecule has 0 radical (unpaired) electrons. The summed E-state index contributed by atoms with van der Waals surface area (Å²) in [4.78, 5) is 12.3. The van der Waals surface area contributed by atoms with Crippen molar-refractivity contribution in [1.29, 1.82) is 0 Å². The van der Waals surface area contributed by atoms with Gasteiger partial charge in [0.25, 0.3) is 0 Å². The molecular weight excluding hydrogens is 445 g/mol. The summed E-state index contributed by atoms with van der Waals surface area (Å²) in [5.41, 5.74) is -0.259. The summed E-state index contributed by atoms with van der Waals surface area (Å²) in [5, 5.41) is 2.65. The van der Waals surface area contributed by atoms with Crippen LogP contribution in [0.15, 0.2) is 40.1 Å². The lowest BCUT2D eigenvalue weighted by Crippen LogP contribution is -2.34. The van der Waals surface area contributed by atoms with Crippen molar-refractivity contribution in [3.05, 3.63) is 56.5 Å². The number of sulfone groups is 2. The average Bonchev–Trinajstić information content (AvgIpc) is 2.68. The van der Waals surface area contributed by atoms with Crippen LogP contribution in [0.4, 0.5) is 4.39 Å². The van der Waals surface area contributed by atoms with Gasteiger partial charge in [0.2, 0.25) is 0 Å². The number of esters is 1. The Bertz CT molecular complexity index is 1130. The number of ether oxygens (including phenoxy) is 1. The Hall–Kier alpha value is -1.91. The topological polar surface area (TPSA) is 107 Å². The highest BCUT2D eigenvalue weighted by atomic mass is 35.5. The van der Waals surface area contributed by atoms with Gasteiger partial charge in [-0.1, -0.05) is 17.7 Å². The van der Waals surface area contributed by atoms with Crippen LogP contribution < -0.4 is 5.32 Å². The van der Waals surface area contributed by atoms with Gasteiger partial charge in [-0.15, -0.1) is 0 Å². The van der Waals surface area contributed by atoms with Crippen molar-refractivity contribution in [2.45, 2.75) is 19.8 Å². The van der Waals surface area contributed by atoms with E-state index in [1.54, 1.807) is 6.92 Å². The summed E-state index contributed by atoms with van der Waals surface area (Å²) in [7, 11) is -7.88. The Balaban J connectivity index is 2.38. The molecule has 1 aromatic carbocycles. The van der Waals surface area contributed by atoms with Gasteiger partial charge in [-0.2, -0.15) is 0 Å². The Labute approximate surface area is 173 Å². The lowest BCUT2D eigenvalue weighted by Gasteiger charge is -2.31. The van der Waals surface area contributed by atoms with E-state index in [4.69, 9.17) is 16.3 Å². The number of halogens is 2. The number of hydrogen-bond acceptors (Lipinski definition) is 7. The van der Waals surface area contributed by atoms with Crippen LogP contribution in [-0.4, -0.2) is 46.7 Å². The first-order valence-electron chi connectivity index (χ1n) is 8.73. The maximum atomic E-state index is 14.8. The van der Waals surface area contributed by atoms with E-state index in [0.29, 0.717) is 0 Å². The number of rotatable bonds is 3. The first kappa shape index (κ1) is 21.8. The van der Waals surface area contributed by atoms with E-state index in [2.05, 4.69) is 5.32 Å². The minimum atomic E-state index is -4.16. The zero-order chi connectivity index (χ0) is 21.6. The maximum Gasteiger partial charge on any atom is 0.336 e. The molecule has 158 valence electrons. The summed E-state index contributed by atoms with van der Waals surface area (Å²) in [6.07, 6.45) is 0. The van der Waals surface area contributed by atoms with Crippen LogP contribution in [0.5, 0.6) is 0 Å². The van der Waals surface area contributed by atoms with Gasteiger partial charge in [-0.3, -0.25) is 0 Å². The molecule has 7 nitrogen and oxygen atoms in total. The monoisotopic (exact) mass is 463 g/mol. The highest BCUT2D eigenvalue weighted by Gasteiger charge is 2.45. The SMILES string of the molecule is CCOC(=O)C1=C(C)NC2=C(C1c1c(F)cccc1Cl)S(=O)(=O)CCS(=O)(=O)C2. The van der Waals surface area contributed by atoms with Crippen LogP contribution in [0, 0.1) is 5.82 Å². The van der Waals surface area contributed by atoms with Gasteiger partial charge in [0.15, 0.2) is 19.7 Å². The zero-order valence-corrected chi connectivity index (χ0v) is 18.0. The molecule has 1 atom stereocenters. The van der Waals surface area contributed by atoms with Crippen LogP contribution in [0.2, 0.25) is 5.02 Å². The lowest BCUT2D eigenvalue weighted by molar-refractivity contribution is -0.138. The van der Waals surface area contributed by atoms with Gasteiger partial charge in [-0.05, 0) is 26.0 Å². The third-order valence-corrected chi connectivity index (χ3v) is 8.77. The molecule has 11 heteroatoms. The van der Waals surface area contributed by atoms with Gasteiger partial charge in [0.1, 0.15) is 5.82 Å². The van der Waals surface area contributed by atoms with Crippen molar-refractivity contribution >= 4 is 37.2 Å². The molecule has 0 saturated carbocycles. The van der Waals surface area contributed by atoms with Crippen molar-refractivity contribution < 1.29 is 30.8 Å². The Kier molecular flexibility index (Phi) is 5.81. The summed E-state index contributed by atoms with van der Waals surface area (Å²) in [5.74, 6) is -4.89. The fraction of sp³-hybridized carbons (Fsp3) is 0.389. The molecule has 3 rings (SSSR count). The van der Waals surface area contributed by atoms with Crippen LogP contribution >= 0.6 is 11.6 Å². The molecule has 29 heavy (non-hydrogen) atoms. The molecule has 1 N–H and O–H groups in total. The summed E-state index contributed by atoms with van der Waals surface area (Å²) >= 11 is 6.21. The first-order chi connectivity index (χ1) is 13.5. The van der Waals surface area contributed by atoms with E-state index in [-0.39, 0.29) is 39.1 Å². The van der Waals surface area contributed by atoms with E-state index < -0.39 is 54.6 Å². The van der Waals surface area contributed by atoms with Gasteiger partial charge in [0.05, 0.1) is 40.3 Å². The predicted octanol–water partition coefficient (Wildman–Crippen LogP) is 2.06. The van der Waals surface area contributed by atoms with Crippen LogP contribution in [0.1, 0.15) is 25.3 Å². The van der Waals surface area contributed by atoms with E-state index >= 15 is 0 Å². The summed E-state index contributed by atoms with van der Waals surface area (Å²) in [6, 6.07) is 3.83. The molecule has 0 aromatic heterocycles. The van der Waals surface area contributed by atoms with Crippen LogP contribution in [-0.2, 0) is 29.2 Å². The second-order valence-electron chi connectivity index (χ2n) is 6.71. The maximum absolute atomic E-state index is 14.8. The largest absolute Gasteiger partial charge is 0.463 e. The van der Waals surface area contributed by atoms with Crippen LogP contribution in [0.3, 0.4) is 0 Å². The Morgan fingerprint density at radius 1 is 1.28 bits per heavy atom. The molecule has 0 saturated heterocycles. The van der Waals surface area contributed by atoms with E-state index in [1.165, 1.54) is 19.1 Å². The Morgan fingerprint density at radius 3 is 2.59 bits per heavy atom. The molecule has 1 unspecified atom stereocenters. The first-order valence-corrected chi connectivity index (χ1v) is 12.6. The van der Waals surface area contributed by atoms with E-state index in [9.17, 15) is 26.0 Å². The summed E-state index contributed by atoms with van der Waals surface area (Å²) < 4.78 is 70.6. The molecule has 0 amide bonds. The second kappa shape index (κ2) is 7.73. The number of carbonyl (C=O) groups excluding carboxylic acids is 1. The average molecular weight is 464 g/mol. The van der Waals surface area contributed by atoms with Gasteiger partial charge in [-0.25, -0.2) is 26.0 Å². The normalized spacial score (nSPS) is 23.1.